The van der Waals surface area contributed by atoms with Gasteiger partial charge in [0.15, 0.2) is 0 Å². The standard InChI is InChI=1S/C27H51N3O3/c1-14-30-18-21(28-29-30)24(6,7)19-25(8,9)27(12,13)32-16-15-20(2)26(10,11)33-22(31)17-23(3,4)5/h18,20H,14-17,19H2,1-13H3. The smallest absolute Gasteiger partial charge is 0.306 e. The lowest BCUT2D eigenvalue weighted by atomic mass is 9.66. The van der Waals surface area contributed by atoms with Gasteiger partial charge in [-0.05, 0) is 64.2 Å². The fraction of sp³-hybridized carbons (Fsp3) is 0.889. The van der Waals surface area contributed by atoms with E-state index in [1.54, 1.807) is 0 Å². The molecule has 0 aromatic carbocycles. The highest BCUT2D eigenvalue weighted by molar-refractivity contribution is 5.70. The summed E-state index contributed by atoms with van der Waals surface area (Å²) in [6.07, 6.45) is 4.21. The van der Waals surface area contributed by atoms with Gasteiger partial charge in [-0.1, -0.05) is 60.6 Å². The van der Waals surface area contributed by atoms with Gasteiger partial charge in [-0.15, -0.1) is 5.10 Å². The Bertz CT molecular complexity index is 770. The van der Waals surface area contributed by atoms with E-state index in [4.69, 9.17) is 9.47 Å². The van der Waals surface area contributed by atoms with E-state index >= 15 is 0 Å². The number of hydrogen-bond acceptors (Lipinski definition) is 5. The molecule has 0 saturated carbocycles. The highest BCUT2D eigenvalue weighted by Gasteiger charge is 2.43. The Hall–Kier alpha value is -1.43. The Labute approximate surface area is 203 Å². The molecular formula is C27H51N3O3. The lowest BCUT2D eigenvalue weighted by Gasteiger charge is -2.45. The van der Waals surface area contributed by atoms with Crippen LogP contribution < -0.4 is 0 Å². The summed E-state index contributed by atoms with van der Waals surface area (Å²) in [5.74, 6) is 0.0461. The maximum Gasteiger partial charge on any atom is 0.306 e. The predicted molar refractivity (Wildman–Crippen MR) is 135 cm³/mol. The molecule has 0 aliphatic heterocycles. The molecule has 1 aromatic rings. The second kappa shape index (κ2) is 10.5. The van der Waals surface area contributed by atoms with E-state index in [-0.39, 0.29) is 33.7 Å². The zero-order valence-corrected chi connectivity index (χ0v) is 23.8. The quantitative estimate of drug-likeness (QED) is 0.327. The first-order valence-corrected chi connectivity index (χ1v) is 12.5. The van der Waals surface area contributed by atoms with Crippen LogP contribution in [-0.2, 0) is 26.2 Å². The number of nitrogens with zero attached hydrogens (tertiary/aromatic N) is 3. The average molecular weight is 466 g/mol. The lowest BCUT2D eigenvalue weighted by Crippen LogP contribution is -2.46. The Morgan fingerprint density at radius 3 is 2.09 bits per heavy atom. The largest absolute Gasteiger partial charge is 0.459 e. The van der Waals surface area contributed by atoms with Crippen molar-refractivity contribution in [3.63, 3.8) is 0 Å². The molecule has 1 aromatic heterocycles. The molecule has 1 rings (SSSR count). The molecule has 1 atom stereocenters. The van der Waals surface area contributed by atoms with Crippen LogP contribution in [0.25, 0.3) is 0 Å². The first kappa shape index (κ1) is 29.6. The highest BCUT2D eigenvalue weighted by atomic mass is 16.6. The monoisotopic (exact) mass is 465 g/mol. The van der Waals surface area contributed by atoms with Gasteiger partial charge >= 0.3 is 5.97 Å². The Kier molecular flexibility index (Phi) is 9.38. The number of aromatic nitrogens is 3. The van der Waals surface area contributed by atoms with Gasteiger partial charge in [0, 0.05) is 24.8 Å². The number of esters is 1. The summed E-state index contributed by atoms with van der Waals surface area (Å²) in [5.41, 5.74) is -0.136. The third-order valence-electron chi connectivity index (χ3n) is 7.32. The first-order chi connectivity index (χ1) is 14.7. The number of aryl methyl sites for hydroxylation is 1. The lowest BCUT2D eigenvalue weighted by molar-refractivity contribution is -0.165. The van der Waals surface area contributed by atoms with Crippen LogP contribution in [0.5, 0.6) is 0 Å². The van der Waals surface area contributed by atoms with Crippen molar-refractivity contribution in [3.05, 3.63) is 11.9 Å². The summed E-state index contributed by atoms with van der Waals surface area (Å²) in [5, 5.41) is 8.64. The van der Waals surface area contributed by atoms with Crippen molar-refractivity contribution in [3.8, 4) is 0 Å². The summed E-state index contributed by atoms with van der Waals surface area (Å²) in [7, 11) is 0. The van der Waals surface area contributed by atoms with E-state index in [1.807, 2.05) is 18.5 Å². The maximum atomic E-state index is 12.3. The van der Waals surface area contributed by atoms with Crippen LogP contribution >= 0.6 is 0 Å². The van der Waals surface area contributed by atoms with Crippen LogP contribution in [-0.4, -0.2) is 38.8 Å². The molecule has 33 heavy (non-hydrogen) atoms. The Morgan fingerprint density at radius 2 is 1.61 bits per heavy atom. The summed E-state index contributed by atoms with van der Waals surface area (Å²) < 4.78 is 14.2. The molecule has 0 aliphatic rings. The minimum Gasteiger partial charge on any atom is -0.459 e. The highest BCUT2D eigenvalue weighted by Crippen LogP contribution is 2.44. The van der Waals surface area contributed by atoms with Gasteiger partial charge in [-0.25, -0.2) is 0 Å². The zero-order valence-electron chi connectivity index (χ0n) is 23.8. The minimum atomic E-state index is -0.529. The van der Waals surface area contributed by atoms with Crippen molar-refractivity contribution >= 4 is 5.97 Å². The molecule has 0 amide bonds. The number of carbonyl (C=O) groups is 1. The second-order valence-corrected chi connectivity index (χ2v) is 13.3. The fourth-order valence-electron chi connectivity index (χ4n) is 4.07. The SMILES string of the molecule is CCn1cc(C(C)(C)CC(C)(C)C(C)(C)OCCC(C)C(C)(C)OC(=O)CC(C)(C)C)nn1. The van der Waals surface area contributed by atoms with E-state index < -0.39 is 5.60 Å². The molecule has 0 fully saturated rings. The van der Waals surface area contributed by atoms with Crippen LogP contribution in [0.15, 0.2) is 6.20 Å². The maximum absolute atomic E-state index is 12.3. The van der Waals surface area contributed by atoms with Crippen molar-refractivity contribution < 1.29 is 14.3 Å². The van der Waals surface area contributed by atoms with Crippen LogP contribution in [0.1, 0.15) is 115 Å². The van der Waals surface area contributed by atoms with Crippen LogP contribution in [0.3, 0.4) is 0 Å². The van der Waals surface area contributed by atoms with Crippen LogP contribution in [0, 0.1) is 16.7 Å². The molecule has 6 heteroatoms. The van der Waals surface area contributed by atoms with E-state index in [2.05, 4.69) is 92.7 Å². The van der Waals surface area contributed by atoms with Gasteiger partial charge in [0.1, 0.15) is 5.60 Å². The van der Waals surface area contributed by atoms with Crippen molar-refractivity contribution in [2.75, 3.05) is 6.61 Å². The molecule has 0 spiro atoms. The number of hydrogen-bond donors (Lipinski definition) is 0. The molecule has 1 unspecified atom stereocenters. The zero-order chi connectivity index (χ0) is 25.9. The number of ether oxygens (including phenoxy) is 2. The Morgan fingerprint density at radius 1 is 1.03 bits per heavy atom. The Balaban J connectivity index is 2.71. The van der Waals surface area contributed by atoms with Crippen molar-refractivity contribution in [2.24, 2.45) is 16.7 Å². The topological polar surface area (TPSA) is 66.2 Å². The van der Waals surface area contributed by atoms with Gasteiger partial charge in [-0.2, -0.15) is 0 Å². The van der Waals surface area contributed by atoms with E-state index in [0.717, 1.165) is 25.1 Å². The van der Waals surface area contributed by atoms with E-state index in [0.29, 0.717) is 13.0 Å². The van der Waals surface area contributed by atoms with Crippen molar-refractivity contribution in [1.29, 1.82) is 0 Å². The summed E-state index contributed by atoms with van der Waals surface area (Å²) in [6, 6.07) is 0. The van der Waals surface area contributed by atoms with Crippen molar-refractivity contribution in [1.82, 2.24) is 15.0 Å². The summed E-state index contributed by atoms with van der Waals surface area (Å²) in [6.45, 7) is 29.1. The van der Waals surface area contributed by atoms with Crippen LogP contribution in [0.4, 0.5) is 0 Å². The molecular weight excluding hydrogens is 414 g/mol. The molecule has 0 aliphatic carbocycles. The van der Waals surface area contributed by atoms with Crippen molar-refractivity contribution in [2.45, 2.75) is 132 Å². The van der Waals surface area contributed by atoms with Gasteiger partial charge in [0.25, 0.3) is 0 Å². The van der Waals surface area contributed by atoms with Gasteiger partial charge in [0.2, 0.25) is 0 Å². The molecule has 192 valence electrons. The fourth-order valence-corrected chi connectivity index (χ4v) is 4.07. The molecule has 6 nitrogen and oxygen atoms in total. The molecule has 0 bridgehead atoms. The second-order valence-electron chi connectivity index (χ2n) is 13.3. The first-order valence-electron chi connectivity index (χ1n) is 12.5. The third-order valence-corrected chi connectivity index (χ3v) is 7.32. The normalized spacial score (nSPS) is 14.9. The number of rotatable bonds is 12. The van der Waals surface area contributed by atoms with Gasteiger partial charge in [0.05, 0.1) is 17.7 Å². The average Bonchev–Trinajstić information content (AvgIpc) is 3.08. The summed E-state index contributed by atoms with van der Waals surface area (Å²) >= 11 is 0. The van der Waals surface area contributed by atoms with Crippen LogP contribution in [0.2, 0.25) is 0 Å². The molecule has 1 heterocycles. The van der Waals surface area contributed by atoms with E-state index in [9.17, 15) is 4.79 Å². The molecule has 0 N–H and O–H groups in total. The molecule has 0 radical (unpaired) electrons. The van der Waals surface area contributed by atoms with Gasteiger partial charge < -0.3 is 9.47 Å². The molecule has 0 saturated heterocycles. The predicted octanol–water partition coefficient (Wildman–Crippen LogP) is 6.57. The third kappa shape index (κ3) is 8.70. The van der Waals surface area contributed by atoms with E-state index in [1.165, 1.54) is 0 Å². The summed E-state index contributed by atoms with van der Waals surface area (Å²) in [4.78, 5) is 12.3. The minimum absolute atomic E-state index is 0.0758. The number of carbonyl (C=O) groups excluding carboxylic acids is 1. The van der Waals surface area contributed by atoms with Gasteiger partial charge in [-0.3, -0.25) is 9.48 Å².